The number of hydrogen-bond donors (Lipinski definition) is 5. The van der Waals surface area contributed by atoms with Crippen LogP contribution in [0.2, 0.25) is 0 Å². The predicted octanol–water partition coefficient (Wildman–Crippen LogP) is 9.34. The van der Waals surface area contributed by atoms with Crippen molar-refractivity contribution < 1.29 is 72.4 Å². The molecule has 0 amide bonds. The molecule has 73 heavy (non-hydrogen) atoms. The summed E-state index contributed by atoms with van der Waals surface area (Å²) in [7, 11) is -7.44. The standard InChI is InChI=1S/2C26H23N3O6S.Co/c1-16-4-8-18(9-5-16)24-22(25(30)29(28-24)19-10-6-17(2)7-11-19)15-27-23-13-12-20(36(33,34)35-3)14-21(23)26(31)32;1-16-3-8-19(9-4-16)24-22(25(30)29(28-24)20-10-5-17(2)6-11-20)14-27-23-12-7-18(15-36(33,34)35)13-21(23)26(31)32;/h4-15,30H,1-3H3,(H,31,32);3-14,30H,15H2,1-2H3,(H,31,32)(H,33,34,35);. The predicted molar refractivity (Wildman–Crippen MR) is 271 cm³/mol. The van der Waals surface area contributed by atoms with Gasteiger partial charge in [-0.2, -0.15) is 27.0 Å². The summed E-state index contributed by atoms with van der Waals surface area (Å²) in [6, 6.07) is 37.2. The molecule has 0 spiro atoms. The average molecular weight is 1070 g/mol. The molecule has 8 aromatic rings. The number of aromatic carboxylic acids is 2. The molecule has 0 atom stereocenters. The Bertz CT molecular complexity index is 3630. The number of aromatic nitrogens is 4. The van der Waals surface area contributed by atoms with Crippen molar-refractivity contribution in [3.05, 3.63) is 184 Å². The summed E-state index contributed by atoms with van der Waals surface area (Å²) in [5.74, 6) is -3.78. The molecule has 1 radical (unpaired) electrons. The van der Waals surface area contributed by atoms with Gasteiger partial charge in [0.2, 0.25) is 11.8 Å². The molecule has 0 aliphatic heterocycles. The molecule has 0 aliphatic rings. The molecule has 18 nitrogen and oxygen atoms in total. The fourth-order valence-corrected chi connectivity index (χ4v) is 8.44. The number of aliphatic imine (C=N–C) groups is 2. The number of carboxylic acids is 2. The number of hydrogen-bond acceptors (Lipinski definition) is 13. The minimum Gasteiger partial charge on any atom is -0.493 e. The molecule has 0 saturated heterocycles. The topological polar surface area (TPSA) is 273 Å². The van der Waals surface area contributed by atoms with Crippen molar-refractivity contribution in [2.45, 2.75) is 38.3 Å². The fraction of sp³-hybridized carbons (Fsp3) is 0.115. The quantitative estimate of drug-likeness (QED) is 0.0386. The van der Waals surface area contributed by atoms with Crippen LogP contribution in [0.4, 0.5) is 11.4 Å². The zero-order chi connectivity index (χ0) is 52.1. The molecule has 2 heterocycles. The Morgan fingerprint density at radius 3 is 1.32 bits per heavy atom. The summed E-state index contributed by atoms with van der Waals surface area (Å²) in [4.78, 5) is 31.9. The summed E-state index contributed by atoms with van der Waals surface area (Å²) < 4.78 is 62.7. The van der Waals surface area contributed by atoms with Crippen LogP contribution in [0.15, 0.2) is 148 Å². The van der Waals surface area contributed by atoms with Crippen LogP contribution >= 0.6 is 0 Å². The first-order valence-corrected chi connectivity index (χ1v) is 24.6. The Morgan fingerprint density at radius 1 is 0.575 bits per heavy atom. The van der Waals surface area contributed by atoms with E-state index in [0.29, 0.717) is 22.8 Å². The molecular weight excluding hydrogens is 1020 g/mol. The average Bonchev–Trinajstić information content (AvgIpc) is 3.85. The number of carboxylic acid groups (broad SMARTS) is 2. The largest absolute Gasteiger partial charge is 0.493 e. The maximum atomic E-state index is 12.0. The van der Waals surface area contributed by atoms with E-state index in [-0.39, 0.29) is 72.6 Å². The minimum atomic E-state index is -4.33. The normalized spacial score (nSPS) is 11.6. The molecule has 0 bridgehead atoms. The van der Waals surface area contributed by atoms with Gasteiger partial charge in [0.05, 0.1) is 57.0 Å². The second-order valence-electron chi connectivity index (χ2n) is 16.4. The van der Waals surface area contributed by atoms with Gasteiger partial charge in [0, 0.05) is 40.3 Å². The van der Waals surface area contributed by atoms with Crippen molar-refractivity contribution >= 4 is 56.0 Å². The van der Waals surface area contributed by atoms with Crippen molar-refractivity contribution in [1.29, 1.82) is 0 Å². The number of carbonyl (C=O) groups is 2. The minimum absolute atomic E-state index is 0. The maximum absolute atomic E-state index is 12.0. The van der Waals surface area contributed by atoms with Crippen molar-refractivity contribution in [3.8, 4) is 45.6 Å². The third-order valence-corrected chi connectivity index (χ3v) is 13.0. The van der Waals surface area contributed by atoms with Crippen molar-refractivity contribution in [3.63, 3.8) is 0 Å². The molecule has 6 aromatic carbocycles. The van der Waals surface area contributed by atoms with Crippen molar-refractivity contribution in [2.24, 2.45) is 9.98 Å². The van der Waals surface area contributed by atoms with Crippen LogP contribution < -0.4 is 0 Å². The van der Waals surface area contributed by atoms with E-state index in [1.54, 1.807) is 0 Å². The Labute approximate surface area is 430 Å². The first-order valence-electron chi connectivity index (χ1n) is 21.6. The van der Waals surface area contributed by atoms with Gasteiger partial charge in [-0.15, -0.1) is 0 Å². The molecule has 5 N–H and O–H groups in total. The van der Waals surface area contributed by atoms with Crippen LogP contribution in [-0.2, 0) is 47.0 Å². The van der Waals surface area contributed by atoms with Gasteiger partial charge in [-0.3, -0.25) is 18.7 Å². The molecule has 0 aliphatic carbocycles. The molecule has 0 saturated carbocycles. The zero-order valence-corrected chi connectivity index (χ0v) is 42.2. The Kier molecular flexibility index (Phi) is 16.8. The maximum Gasteiger partial charge on any atom is 0.337 e. The third kappa shape index (κ3) is 12.9. The smallest absolute Gasteiger partial charge is 0.337 e. The number of rotatable bonds is 14. The summed E-state index contributed by atoms with van der Waals surface area (Å²) in [6.45, 7) is 7.80. The molecule has 2 aromatic heterocycles. The van der Waals surface area contributed by atoms with E-state index >= 15 is 0 Å². The van der Waals surface area contributed by atoms with Crippen LogP contribution in [-0.4, -0.2) is 92.9 Å². The van der Waals surface area contributed by atoms with E-state index in [1.807, 2.05) is 125 Å². The second kappa shape index (κ2) is 22.6. The summed E-state index contributed by atoms with van der Waals surface area (Å²) in [5, 5.41) is 50.6. The van der Waals surface area contributed by atoms with Crippen LogP contribution in [0.5, 0.6) is 11.8 Å². The first kappa shape index (κ1) is 54.3. The van der Waals surface area contributed by atoms with Gasteiger partial charge in [-0.25, -0.2) is 19.0 Å². The van der Waals surface area contributed by atoms with E-state index in [0.717, 1.165) is 52.6 Å². The van der Waals surface area contributed by atoms with Gasteiger partial charge < -0.3 is 20.4 Å². The summed E-state index contributed by atoms with van der Waals surface area (Å²) in [6.07, 6.45) is 2.64. The van der Waals surface area contributed by atoms with E-state index in [1.165, 1.54) is 46.1 Å². The molecule has 8 rings (SSSR count). The van der Waals surface area contributed by atoms with Crippen molar-refractivity contribution in [2.75, 3.05) is 7.11 Å². The van der Waals surface area contributed by atoms with Gasteiger partial charge in [-0.1, -0.05) is 101 Å². The van der Waals surface area contributed by atoms with E-state index in [2.05, 4.69) is 24.4 Å². The Morgan fingerprint density at radius 2 is 0.945 bits per heavy atom. The van der Waals surface area contributed by atoms with Gasteiger partial charge in [0.25, 0.3) is 20.2 Å². The second-order valence-corrected chi connectivity index (χ2v) is 19.6. The van der Waals surface area contributed by atoms with Crippen LogP contribution in [0.3, 0.4) is 0 Å². The molecule has 377 valence electrons. The van der Waals surface area contributed by atoms with Gasteiger partial charge in [0.15, 0.2) is 0 Å². The Balaban J connectivity index is 0.000000235. The van der Waals surface area contributed by atoms with Crippen molar-refractivity contribution in [1.82, 2.24) is 19.6 Å². The molecule has 0 fully saturated rings. The molecule has 0 unspecified atom stereocenters. The molecule has 21 heteroatoms. The number of aryl methyl sites for hydroxylation is 4. The van der Waals surface area contributed by atoms with Crippen LogP contribution in [0.1, 0.15) is 59.7 Å². The third-order valence-electron chi connectivity index (χ3n) is 11.0. The molecular formula is C52H46CoN6O12S2. The zero-order valence-electron chi connectivity index (χ0n) is 39.5. The SMILES string of the molecule is COS(=O)(=O)c1ccc(N=Cc2c(-c3ccc(C)cc3)nn(-c3ccc(C)cc3)c2O)c(C(=O)O)c1.Cc1ccc(-c2nn(-c3ccc(C)cc3)c(O)c2C=Nc2ccc(CS(=O)(=O)O)cc2C(=O)O)cc1.[Co]. The summed E-state index contributed by atoms with van der Waals surface area (Å²) >= 11 is 0. The monoisotopic (exact) mass is 1070 g/mol. The van der Waals surface area contributed by atoms with E-state index in [4.69, 9.17) is 4.55 Å². The van der Waals surface area contributed by atoms with Gasteiger partial charge in [0.1, 0.15) is 17.1 Å². The van der Waals surface area contributed by atoms with E-state index in [9.17, 15) is 46.9 Å². The van der Waals surface area contributed by atoms with Gasteiger partial charge in [-0.05, 0) is 87.9 Å². The number of aromatic hydroxyl groups is 2. The van der Waals surface area contributed by atoms with Gasteiger partial charge >= 0.3 is 11.9 Å². The van der Waals surface area contributed by atoms with Crippen LogP contribution in [0.25, 0.3) is 33.9 Å². The first-order chi connectivity index (χ1) is 34.1. The Hall–Kier alpha value is -8.05. The summed E-state index contributed by atoms with van der Waals surface area (Å²) in [5.41, 5.74) is 7.87. The van der Waals surface area contributed by atoms with Crippen LogP contribution in [0, 0.1) is 27.7 Å². The number of nitrogens with zero attached hydrogens (tertiary/aromatic N) is 6. The fourth-order valence-electron chi connectivity index (χ4n) is 7.15. The van der Waals surface area contributed by atoms with E-state index < -0.39 is 37.9 Å². The number of benzene rings is 6.